The minimum absolute atomic E-state index is 0.131. The number of carbonyl (C=O) groups is 1. The molecule has 186 valence electrons. The highest BCUT2D eigenvalue weighted by Gasteiger charge is 2.37. The molecule has 0 radical (unpaired) electrons. The summed E-state index contributed by atoms with van der Waals surface area (Å²) in [7, 11) is 0. The molecule has 1 unspecified atom stereocenters. The monoisotopic (exact) mass is 498 g/mol. The topological polar surface area (TPSA) is 89.7 Å². The number of aryl methyl sites for hydroxylation is 1. The van der Waals surface area contributed by atoms with Crippen LogP contribution in [0, 0.1) is 5.82 Å². The lowest BCUT2D eigenvalue weighted by atomic mass is 9.93. The predicted octanol–water partition coefficient (Wildman–Crippen LogP) is 5.87. The summed E-state index contributed by atoms with van der Waals surface area (Å²) in [6.45, 7) is 4.05. The number of benzene rings is 3. The van der Waals surface area contributed by atoms with Gasteiger partial charge < -0.3 is 19.3 Å². The summed E-state index contributed by atoms with van der Waals surface area (Å²) in [6.07, 6.45) is 0.900. The number of ether oxygens (including phenoxy) is 2. The second-order valence-electron chi connectivity index (χ2n) is 8.78. The molecule has 1 atom stereocenters. The van der Waals surface area contributed by atoms with Crippen LogP contribution in [0.15, 0.2) is 77.0 Å². The number of carbonyl (C=O) groups excluding carboxylic acids is 1. The van der Waals surface area contributed by atoms with Crippen molar-refractivity contribution in [1.29, 1.82) is 0 Å². The Morgan fingerprint density at radius 1 is 1.05 bits per heavy atom. The number of anilines is 1. The lowest BCUT2D eigenvalue weighted by molar-refractivity contribution is 0.174. The van der Waals surface area contributed by atoms with Crippen LogP contribution in [-0.2, 0) is 6.42 Å². The number of urea groups is 1. The Labute approximate surface area is 212 Å². The summed E-state index contributed by atoms with van der Waals surface area (Å²) in [5.74, 6) is 1.26. The van der Waals surface area contributed by atoms with Crippen LogP contribution in [0.1, 0.15) is 36.9 Å². The van der Waals surface area contributed by atoms with Gasteiger partial charge in [0, 0.05) is 17.3 Å². The molecule has 8 nitrogen and oxygen atoms in total. The fourth-order valence-electron chi connectivity index (χ4n) is 4.63. The van der Waals surface area contributed by atoms with E-state index in [1.165, 1.54) is 17.7 Å². The van der Waals surface area contributed by atoms with Crippen LogP contribution in [0.25, 0.3) is 17.0 Å². The van der Waals surface area contributed by atoms with Gasteiger partial charge in [-0.2, -0.15) is 4.98 Å². The average molecular weight is 499 g/mol. The maximum absolute atomic E-state index is 13.8. The van der Waals surface area contributed by atoms with Crippen LogP contribution in [0.3, 0.4) is 0 Å². The Bertz CT molecular complexity index is 1530. The zero-order chi connectivity index (χ0) is 25.5. The summed E-state index contributed by atoms with van der Waals surface area (Å²) in [6, 6.07) is 18.5. The molecule has 0 fully saturated rings. The maximum Gasteiger partial charge on any atom is 0.327 e. The Hall–Kier alpha value is -4.66. The van der Waals surface area contributed by atoms with Gasteiger partial charge in [0.1, 0.15) is 5.82 Å². The third-order valence-corrected chi connectivity index (χ3v) is 6.56. The van der Waals surface area contributed by atoms with Gasteiger partial charge in [0.2, 0.25) is 12.6 Å². The molecule has 37 heavy (non-hydrogen) atoms. The van der Waals surface area contributed by atoms with Crippen LogP contribution in [0.4, 0.5) is 14.9 Å². The van der Waals surface area contributed by atoms with Crippen molar-refractivity contribution >= 4 is 17.3 Å². The Morgan fingerprint density at radius 2 is 1.86 bits per heavy atom. The highest BCUT2D eigenvalue weighted by Crippen LogP contribution is 2.42. The van der Waals surface area contributed by atoms with Gasteiger partial charge in [-0.1, -0.05) is 48.5 Å². The number of allylic oxidation sites excluding steroid dienone is 1. The zero-order valence-electron chi connectivity index (χ0n) is 20.2. The summed E-state index contributed by atoms with van der Waals surface area (Å²) >= 11 is 0. The number of rotatable bonds is 5. The molecule has 0 aliphatic carbocycles. The van der Waals surface area contributed by atoms with Gasteiger partial charge in [-0.15, -0.1) is 0 Å². The van der Waals surface area contributed by atoms with Gasteiger partial charge in [0.25, 0.3) is 5.89 Å². The van der Waals surface area contributed by atoms with Crippen LogP contribution in [-0.4, -0.2) is 23.0 Å². The van der Waals surface area contributed by atoms with E-state index in [1.54, 1.807) is 35.2 Å². The molecule has 4 aromatic rings. The molecular formula is C28H23FN4O4. The number of hydrogen-bond acceptors (Lipinski definition) is 6. The van der Waals surface area contributed by atoms with E-state index in [0.717, 1.165) is 12.0 Å². The second kappa shape index (κ2) is 9.09. The number of hydrogen-bond donors (Lipinski definition) is 1. The van der Waals surface area contributed by atoms with E-state index in [4.69, 9.17) is 14.0 Å². The third kappa shape index (κ3) is 4.08. The minimum atomic E-state index is -0.538. The van der Waals surface area contributed by atoms with Gasteiger partial charge in [-0.25, -0.2) is 9.18 Å². The van der Waals surface area contributed by atoms with Gasteiger partial charge in [0.15, 0.2) is 11.5 Å². The van der Waals surface area contributed by atoms with Crippen molar-refractivity contribution in [3.8, 4) is 22.9 Å². The van der Waals surface area contributed by atoms with Gasteiger partial charge in [-0.3, -0.25) is 4.90 Å². The largest absolute Gasteiger partial charge is 0.454 e. The molecule has 2 aliphatic rings. The van der Waals surface area contributed by atoms with Crippen molar-refractivity contribution in [2.24, 2.45) is 0 Å². The lowest BCUT2D eigenvalue weighted by Gasteiger charge is -2.35. The molecule has 6 rings (SSSR count). The standard InChI is InChI=1S/C28H23FN4O4/c1-3-17-7-9-18(10-8-17)25-24(27-31-26(32-37-27)19-5-4-6-20(29)13-19)16(2)33(28(34)30-25)21-11-12-22-23(14-21)36-15-35-22/h4-14,25H,3,15H2,1-2H3,(H,30,34). The zero-order valence-corrected chi connectivity index (χ0v) is 20.2. The van der Waals surface area contributed by atoms with Gasteiger partial charge in [0.05, 0.1) is 17.3 Å². The number of halogens is 1. The molecule has 9 heteroatoms. The smallest absolute Gasteiger partial charge is 0.327 e. The van der Waals surface area contributed by atoms with Gasteiger partial charge in [-0.05, 0) is 48.7 Å². The highest BCUT2D eigenvalue weighted by molar-refractivity contribution is 6.01. The molecule has 2 amide bonds. The number of amides is 2. The summed E-state index contributed by atoms with van der Waals surface area (Å²) < 4.78 is 30.5. The van der Waals surface area contributed by atoms with Gasteiger partial charge >= 0.3 is 6.03 Å². The van der Waals surface area contributed by atoms with Crippen molar-refractivity contribution in [2.45, 2.75) is 26.3 Å². The van der Waals surface area contributed by atoms with E-state index in [9.17, 15) is 9.18 Å². The second-order valence-corrected chi connectivity index (χ2v) is 8.78. The molecule has 0 saturated heterocycles. The van der Waals surface area contributed by atoms with E-state index in [2.05, 4.69) is 22.4 Å². The number of fused-ring (bicyclic) bond motifs is 1. The Morgan fingerprint density at radius 3 is 2.65 bits per heavy atom. The first-order valence-electron chi connectivity index (χ1n) is 11.9. The van der Waals surface area contributed by atoms with Crippen molar-refractivity contribution in [3.63, 3.8) is 0 Å². The third-order valence-electron chi connectivity index (χ3n) is 6.56. The molecule has 1 N–H and O–H groups in total. The Balaban J connectivity index is 1.48. The van der Waals surface area contributed by atoms with Crippen molar-refractivity contribution in [1.82, 2.24) is 15.5 Å². The molecule has 0 saturated carbocycles. The quantitative estimate of drug-likeness (QED) is 0.370. The average Bonchev–Trinajstić information content (AvgIpc) is 3.58. The first-order chi connectivity index (χ1) is 18.0. The van der Waals surface area contributed by atoms with E-state index in [-0.39, 0.29) is 24.5 Å². The lowest BCUT2D eigenvalue weighted by Crippen LogP contribution is -2.46. The molecule has 1 aromatic heterocycles. The summed E-state index contributed by atoms with van der Waals surface area (Å²) in [4.78, 5) is 19.6. The summed E-state index contributed by atoms with van der Waals surface area (Å²) in [5.41, 5.74) is 4.39. The number of nitrogens with zero attached hydrogens (tertiary/aromatic N) is 3. The van der Waals surface area contributed by atoms with E-state index in [0.29, 0.717) is 34.0 Å². The van der Waals surface area contributed by atoms with Crippen molar-refractivity contribution in [2.75, 3.05) is 11.7 Å². The molecule has 0 spiro atoms. The molecular weight excluding hydrogens is 475 g/mol. The van der Waals surface area contributed by atoms with E-state index < -0.39 is 11.9 Å². The number of nitrogens with one attached hydrogen (secondary N) is 1. The molecule has 0 bridgehead atoms. The Kier molecular flexibility index (Phi) is 5.60. The first-order valence-corrected chi connectivity index (χ1v) is 11.9. The fraction of sp³-hybridized carbons (Fsp3) is 0.179. The van der Waals surface area contributed by atoms with Crippen LogP contribution in [0.2, 0.25) is 0 Å². The van der Waals surface area contributed by atoms with E-state index >= 15 is 0 Å². The van der Waals surface area contributed by atoms with Crippen LogP contribution in [0.5, 0.6) is 11.5 Å². The molecule has 3 heterocycles. The predicted molar refractivity (Wildman–Crippen MR) is 134 cm³/mol. The molecule has 3 aromatic carbocycles. The van der Waals surface area contributed by atoms with Crippen LogP contribution >= 0.6 is 0 Å². The first kappa shape index (κ1) is 22.8. The highest BCUT2D eigenvalue weighted by atomic mass is 19.1. The number of aromatic nitrogens is 2. The minimum Gasteiger partial charge on any atom is -0.454 e. The fourth-order valence-corrected chi connectivity index (χ4v) is 4.63. The van der Waals surface area contributed by atoms with E-state index in [1.807, 2.05) is 31.2 Å². The maximum atomic E-state index is 13.8. The normalized spacial score (nSPS) is 16.8. The summed E-state index contributed by atoms with van der Waals surface area (Å²) in [5, 5.41) is 7.19. The van der Waals surface area contributed by atoms with Crippen molar-refractivity contribution < 1.29 is 23.2 Å². The van der Waals surface area contributed by atoms with Crippen LogP contribution < -0.4 is 19.7 Å². The SMILES string of the molecule is CCc1ccc(C2NC(=O)N(c3ccc4c(c3)OCO4)C(C)=C2c2nc(-c3cccc(F)c3)no2)cc1. The molecule has 2 aliphatic heterocycles. The van der Waals surface area contributed by atoms with Crippen molar-refractivity contribution in [3.05, 3.63) is 95.3 Å².